The first-order valence-corrected chi connectivity index (χ1v) is 27.4. The van der Waals surface area contributed by atoms with Crippen LogP contribution in [-0.2, 0) is 6.42 Å². The first-order chi connectivity index (χ1) is 38.5. The van der Waals surface area contributed by atoms with Crippen LogP contribution in [0.2, 0.25) is 0 Å². The van der Waals surface area contributed by atoms with Gasteiger partial charge >= 0.3 is 0 Å². The van der Waals surface area contributed by atoms with E-state index in [-0.39, 0.29) is 0 Å². The Morgan fingerprint density at radius 3 is 1.59 bits per heavy atom. The number of hydrogen-bond donors (Lipinski definition) is 0. The van der Waals surface area contributed by atoms with Gasteiger partial charge in [-0.05, 0) is 134 Å². The summed E-state index contributed by atoms with van der Waals surface area (Å²) in [6, 6.07) is 77.2. The molecule has 0 saturated heterocycles. The predicted molar refractivity (Wildman–Crippen MR) is 332 cm³/mol. The van der Waals surface area contributed by atoms with Gasteiger partial charge in [0.05, 0.1) is 22.7 Å². The van der Waals surface area contributed by atoms with E-state index in [2.05, 4.69) is 261 Å². The van der Waals surface area contributed by atoms with E-state index in [1.807, 2.05) is 6.08 Å². The van der Waals surface area contributed by atoms with E-state index in [1.54, 1.807) is 0 Å². The molecule has 4 heteroatoms. The van der Waals surface area contributed by atoms with Gasteiger partial charge in [-0.1, -0.05) is 203 Å². The topological polar surface area (TPSA) is 32.8 Å². The molecule has 12 aromatic carbocycles. The van der Waals surface area contributed by atoms with Crippen molar-refractivity contribution in [2.24, 2.45) is 5.92 Å². The summed E-state index contributed by atoms with van der Waals surface area (Å²) in [4.78, 5) is 4.81. The van der Waals surface area contributed by atoms with Crippen molar-refractivity contribution in [1.29, 1.82) is 0 Å². The van der Waals surface area contributed by atoms with E-state index in [0.29, 0.717) is 5.92 Å². The average Bonchev–Trinajstić information content (AvgIpc) is 4.27. The van der Waals surface area contributed by atoms with Crippen molar-refractivity contribution < 1.29 is 8.83 Å². The van der Waals surface area contributed by atoms with Gasteiger partial charge in [0, 0.05) is 54.8 Å². The Balaban J connectivity index is 0.966. The van der Waals surface area contributed by atoms with Gasteiger partial charge in [-0.25, -0.2) is 0 Å². The Labute approximate surface area is 453 Å². The Morgan fingerprint density at radius 2 is 1.01 bits per heavy atom. The highest BCUT2D eigenvalue weighted by Gasteiger charge is 2.28. The summed E-state index contributed by atoms with van der Waals surface area (Å²) in [5.74, 6) is 0.503. The number of hydrogen-bond acceptors (Lipinski definition) is 4. The third-order valence-corrected chi connectivity index (χ3v) is 16.4. The van der Waals surface area contributed by atoms with E-state index < -0.39 is 0 Å². The zero-order valence-electron chi connectivity index (χ0n) is 43.6. The average molecular weight is 1000 g/mol. The van der Waals surface area contributed by atoms with Crippen molar-refractivity contribution in [2.45, 2.75) is 33.1 Å². The van der Waals surface area contributed by atoms with Crippen molar-refractivity contribution in [3.8, 4) is 11.1 Å². The number of rotatable bonds is 11. The van der Waals surface area contributed by atoms with Crippen LogP contribution in [0.5, 0.6) is 0 Å². The molecule has 1 aliphatic rings. The number of nitrogens with zero attached hydrogens (tertiary/aromatic N) is 2. The molecule has 0 spiro atoms. The zero-order chi connectivity index (χ0) is 52.0. The van der Waals surface area contributed by atoms with Crippen LogP contribution in [0.25, 0.3) is 110 Å². The Morgan fingerprint density at radius 1 is 0.474 bits per heavy atom. The Kier molecular flexibility index (Phi) is 10.7. The molecule has 0 radical (unpaired) electrons. The van der Waals surface area contributed by atoms with Gasteiger partial charge in [0.1, 0.15) is 11.2 Å². The molecule has 0 N–H and O–H groups in total. The monoisotopic (exact) mass is 1000 g/mol. The van der Waals surface area contributed by atoms with Crippen molar-refractivity contribution in [3.63, 3.8) is 0 Å². The van der Waals surface area contributed by atoms with Crippen molar-refractivity contribution in [3.05, 3.63) is 254 Å². The lowest BCUT2D eigenvalue weighted by Gasteiger charge is -2.29. The number of aryl methyl sites for hydroxylation is 1. The second-order valence-electron chi connectivity index (χ2n) is 21.0. The molecule has 372 valence electrons. The number of furan rings is 2. The van der Waals surface area contributed by atoms with E-state index in [0.717, 1.165) is 130 Å². The molecule has 1 aliphatic carbocycles. The van der Waals surface area contributed by atoms with Crippen molar-refractivity contribution in [2.75, 3.05) is 9.80 Å². The molecule has 2 heterocycles. The Hall–Kier alpha value is -9.64. The van der Waals surface area contributed by atoms with E-state index >= 15 is 0 Å². The smallest absolute Gasteiger partial charge is 0.159 e. The van der Waals surface area contributed by atoms with Crippen LogP contribution in [-0.4, -0.2) is 0 Å². The van der Waals surface area contributed by atoms with Crippen LogP contribution in [0, 0.1) is 5.92 Å². The SMILES string of the molecule is C=Cc1c(CCC)cc(-c2ccccc2)c2oc3c(N(c4ccccc4)c4ccc5ccc6c(N(c7ccccc7)c7cccc8c7oc7c(C9=CCC(C)C=C9)cc9ccccc9c78)ccc7ccc4c5c76)cccc3c12. The summed E-state index contributed by atoms with van der Waals surface area (Å²) in [5.41, 5.74) is 16.6. The molecule has 0 aliphatic heterocycles. The van der Waals surface area contributed by atoms with Gasteiger partial charge in [0.15, 0.2) is 11.2 Å². The van der Waals surface area contributed by atoms with Crippen LogP contribution < -0.4 is 9.80 Å². The standard InChI is InChI=1S/C74H54N2O2/c1-4-19-51-44-61(47-20-9-6-10-21-47)73-69(55(51)5-2)59-28-17-30-65(71(59)77-73)75(53-23-11-7-12-24-53)63-42-38-49-37-41-58-64(43-39-50-36-40-57(63)67(49)68(50)58)76(54-25-13-8-14-26-54)66-31-18-29-60-70-56-27-16-15-22-52(56)45-62(74(70)78-72(60)66)48-34-32-46(3)33-35-48/h5-18,20-32,34-46H,2,4,19,33H2,1,3H3. The van der Waals surface area contributed by atoms with Gasteiger partial charge in [-0.15, -0.1) is 0 Å². The second kappa shape index (κ2) is 18.3. The van der Waals surface area contributed by atoms with Gasteiger partial charge in [-0.3, -0.25) is 0 Å². The number of fused-ring (bicyclic) bond motifs is 8. The van der Waals surface area contributed by atoms with Gasteiger partial charge in [0.25, 0.3) is 0 Å². The third kappa shape index (κ3) is 7.06. The zero-order valence-corrected chi connectivity index (χ0v) is 43.6. The van der Waals surface area contributed by atoms with Crippen LogP contribution in [0.15, 0.2) is 246 Å². The molecule has 78 heavy (non-hydrogen) atoms. The molecular formula is C74H54N2O2. The first-order valence-electron chi connectivity index (χ1n) is 27.4. The number of anilines is 6. The predicted octanol–water partition coefficient (Wildman–Crippen LogP) is 21.7. The Bertz CT molecular complexity index is 4750. The summed E-state index contributed by atoms with van der Waals surface area (Å²) < 4.78 is 14.7. The summed E-state index contributed by atoms with van der Waals surface area (Å²) in [7, 11) is 0. The number of para-hydroxylation sites is 4. The lowest BCUT2D eigenvalue weighted by Crippen LogP contribution is -2.11. The maximum absolute atomic E-state index is 7.35. The van der Waals surface area contributed by atoms with Gasteiger partial charge in [0.2, 0.25) is 0 Å². The minimum absolute atomic E-state index is 0.503. The maximum Gasteiger partial charge on any atom is 0.159 e. The number of allylic oxidation sites excluding steroid dienone is 4. The van der Waals surface area contributed by atoms with Crippen LogP contribution >= 0.6 is 0 Å². The quantitative estimate of drug-likeness (QED) is 0.121. The molecule has 14 aromatic rings. The lowest BCUT2D eigenvalue weighted by molar-refractivity contribution is 0.668. The highest BCUT2D eigenvalue weighted by molar-refractivity contribution is 6.29. The highest BCUT2D eigenvalue weighted by Crippen LogP contribution is 2.52. The van der Waals surface area contributed by atoms with E-state index in [4.69, 9.17) is 8.83 Å². The summed E-state index contributed by atoms with van der Waals surface area (Å²) in [6.07, 6.45) is 12.0. The summed E-state index contributed by atoms with van der Waals surface area (Å²) in [5, 5.41) is 13.9. The molecule has 4 nitrogen and oxygen atoms in total. The first kappa shape index (κ1) is 45.7. The normalized spacial score (nSPS) is 13.8. The van der Waals surface area contributed by atoms with Crippen LogP contribution in [0.1, 0.15) is 43.4 Å². The van der Waals surface area contributed by atoms with Crippen molar-refractivity contribution in [1.82, 2.24) is 0 Å². The minimum Gasteiger partial charge on any atom is -0.453 e. The van der Waals surface area contributed by atoms with E-state index in [9.17, 15) is 0 Å². The molecular weight excluding hydrogens is 949 g/mol. The number of benzene rings is 12. The fourth-order valence-electron chi connectivity index (χ4n) is 12.8. The van der Waals surface area contributed by atoms with Gasteiger partial charge < -0.3 is 18.6 Å². The molecule has 1 unspecified atom stereocenters. The summed E-state index contributed by atoms with van der Waals surface area (Å²) in [6.45, 7) is 8.90. The molecule has 15 rings (SSSR count). The second-order valence-corrected chi connectivity index (χ2v) is 21.0. The lowest BCUT2D eigenvalue weighted by atomic mass is 9.91. The van der Waals surface area contributed by atoms with Crippen LogP contribution in [0.3, 0.4) is 0 Å². The highest BCUT2D eigenvalue weighted by atomic mass is 16.3. The maximum atomic E-state index is 7.35. The van der Waals surface area contributed by atoms with Crippen molar-refractivity contribution >= 4 is 133 Å². The molecule has 0 fully saturated rings. The fraction of sp³-hybridized carbons (Fsp3) is 0.0811. The van der Waals surface area contributed by atoms with Gasteiger partial charge in [-0.2, -0.15) is 0 Å². The minimum atomic E-state index is 0.503. The fourth-order valence-corrected chi connectivity index (χ4v) is 12.8. The summed E-state index contributed by atoms with van der Waals surface area (Å²) >= 11 is 0. The molecule has 2 aromatic heterocycles. The molecule has 0 bridgehead atoms. The molecule has 0 amide bonds. The molecule has 0 saturated carbocycles. The van der Waals surface area contributed by atoms with E-state index in [1.165, 1.54) is 43.5 Å². The van der Waals surface area contributed by atoms with Crippen LogP contribution in [0.4, 0.5) is 34.1 Å². The molecule has 1 atom stereocenters. The largest absolute Gasteiger partial charge is 0.453 e. The third-order valence-electron chi connectivity index (χ3n) is 16.4.